The highest BCUT2D eigenvalue weighted by Gasteiger charge is 2.18. The molecule has 2 aromatic carbocycles. The first-order chi connectivity index (χ1) is 14.0. The molecule has 0 aliphatic heterocycles. The summed E-state index contributed by atoms with van der Waals surface area (Å²) in [6.07, 6.45) is 0.858. The average molecular weight is 463 g/mol. The van der Waals surface area contributed by atoms with Gasteiger partial charge >= 0.3 is 0 Å². The molecule has 29 heavy (non-hydrogen) atoms. The zero-order valence-electron chi connectivity index (χ0n) is 17.0. The maximum absolute atomic E-state index is 12.6. The van der Waals surface area contributed by atoms with E-state index >= 15 is 0 Å². The van der Waals surface area contributed by atoms with Gasteiger partial charge in [-0.25, -0.2) is 0 Å². The van der Waals surface area contributed by atoms with Gasteiger partial charge in [-0.2, -0.15) is 0 Å². The van der Waals surface area contributed by atoms with Gasteiger partial charge in [-0.15, -0.1) is 0 Å². The first-order valence-electron chi connectivity index (χ1n) is 9.60. The third-order valence-corrected chi connectivity index (χ3v) is 4.88. The monoisotopic (exact) mass is 462 g/mol. The number of hydrogen-bond donors (Lipinski definition) is 1. The van der Waals surface area contributed by atoms with Crippen molar-refractivity contribution in [2.24, 2.45) is 0 Å². The van der Waals surface area contributed by atoms with Crippen molar-refractivity contribution in [3.63, 3.8) is 0 Å². The number of rotatable bonds is 10. The minimum absolute atomic E-state index is 0.0759. The molecular formula is C22H27BrN2O4. The Labute approximate surface area is 180 Å². The lowest BCUT2D eigenvalue weighted by molar-refractivity contribution is -0.130. The van der Waals surface area contributed by atoms with E-state index in [1.165, 1.54) is 7.11 Å². The van der Waals surface area contributed by atoms with E-state index in [0.29, 0.717) is 41.2 Å². The largest absolute Gasteiger partial charge is 0.493 e. The average Bonchev–Trinajstić information content (AvgIpc) is 2.74. The molecule has 0 fully saturated rings. The molecule has 0 aliphatic carbocycles. The number of methoxy groups -OCH3 is 1. The van der Waals surface area contributed by atoms with Crippen molar-refractivity contribution < 1.29 is 19.1 Å². The minimum atomic E-state index is -0.352. The highest BCUT2D eigenvalue weighted by atomic mass is 79.9. The highest BCUT2D eigenvalue weighted by molar-refractivity contribution is 9.10. The van der Waals surface area contributed by atoms with Crippen LogP contribution in [0.2, 0.25) is 0 Å². The molecule has 0 saturated carbocycles. The van der Waals surface area contributed by atoms with Gasteiger partial charge in [0.05, 0.1) is 24.7 Å². The number of halogens is 1. The first-order valence-corrected chi connectivity index (χ1v) is 10.4. The predicted octanol–water partition coefficient (Wildman–Crippen LogP) is 4.03. The molecule has 2 aromatic rings. The van der Waals surface area contributed by atoms with Crippen molar-refractivity contribution in [3.05, 3.63) is 58.1 Å². The zero-order chi connectivity index (χ0) is 21.2. The molecule has 0 heterocycles. The lowest BCUT2D eigenvalue weighted by atomic mass is 10.2. The van der Waals surface area contributed by atoms with Crippen molar-refractivity contribution in [2.75, 3.05) is 26.8 Å². The number of nitrogens with one attached hydrogen (secondary N) is 1. The van der Waals surface area contributed by atoms with E-state index < -0.39 is 0 Å². The maximum atomic E-state index is 12.6. The fourth-order valence-electron chi connectivity index (χ4n) is 2.75. The number of amides is 2. The summed E-state index contributed by atoms with van der Waals surface area (Å²) in [5, 5.41) is 2.69. The molecule has 0 radical (unpaired) electrons. The van der Waals surface area contributed by atoms with Crippen molar-refractivity contribution in [2.45, 2.75) is 26.8 Å². The predicted molar refractivity (Wildman–Crippen MR) is 116 cm³/mol. The Morgan fingerprint density at radius 3 is 2.48 bits per heavy atom. The standard InChI is InChI=1S/C22H27BrN2O4/c1-4-11-29-21-18(23)12-17(13-19(21)28-3)22(27)24-14-20(26)25(5-2)15-16-9-7-6-8-10-16/h6-10,12-13H,4-5,11,14-15H2,1-3H3,(H,24,27). The Balaban J connectivity index is 2.02. The molecule has 0 unspecified atom stereocenters. The molecule has 0 saturated heterocycles. The Morgan fingerprint density at radius 2 is 1.86 bits per heavy atom. The fourth-order valence-corrected chi connectivity index (χ4v) is 3.30. The summed E-state index contributed by atoms with van der Waals surface area (Å²) in [6.45, 7) is 5.47. The molecule has 2 amide bonds. The summed E-state index contributed by atoms with van der Waals surface area (Å²) < 4.78 is 11.7. The van der Waals surface area contributed by atoms with Gasteiger partial charge in [-0.1, -0.05) is 37.3 Å². The Kier molecular flexibility index (Phi) is 8.99. The van der Waals surface area contributed by atoms with E-state index in [4.69, 9.17) is 9.47 Å². The van der Waals surface area contributed by atoms with Crippen LogP contribution in [0, 0.1) is 0 Å². The van der Waals surface area contributed by atoms with Crippen LogP contribution in [-0.2, 0) is 11.3 Å². The topological polar surface area (TPSA) is 67.9 Å². The van der Waals surface area contributed by atoms with Gasteiger partial charge in [0.15, 0.2) is 11.5 Å². The van der Waals surface area contributed by atoms with Gasteiger partial charge in [-0.3, -0.25) is 9.59 Å². The third-order valence-electron chi connectivity index (χ3n) is 4.29. The van der Waals surface area contributed by atoms with Gasteiger partial charge < -0.3 is 19.7 Å². The molecule has 156 valence electrons. The second-order valence-corrected chi connectivity index (χ2v) is 7.27. The van der Waals surface area contributed by atoms with Crippen molar-refractivity contribution in [3.8, 4) is 11.5 Å². The van der Waals surface area contributed by atoms with Crippen molar-refractivity contribution >= 4 is 27.7 Å². The number of benzene rings is 2. The summed E-state index contributed by atoms with van der Waals surface area (Å²) in [5.74, 6) is 0.527. The summed E-state index contributed by atoms with van der Waals surface area (Å²) in [7, 11) is 1.52. The number of likely N-dealkylation sites (N-methyl/N-ethyl adjacent to an activating group) is 1. The van der Waals surface area contributed by atoms with Crippen LogP contribution in [0.25, 0.3) is 0 Å². The van der Waals surface area contributed by atoms with Gasteiger partial charge in [-0.05, 0) is 47.0 Å². The molecular weight excluding hydrogens is 436 g/mol. The van der Waals surface area contributed by atoms with E-state index in [-0.39, 0.29) is 18.4 Å². The lowest BCUT2D eigenvalue weighted by Crippen LogP contribution is -2.39. The van der Waals surface area contributed by atoms with Crippen LogP contribution < -0.4 is 14.8 Å². The van der Waals surface area contributed by atoms with E-state index in [1.807, 2.05) is 44.2 Å². The van der Waals surface area contributed by atoms with Crippen LogP contribution >= 0.6 is 15.9 Å². The molecule has 6 nitrogen and oxygen atoms in total. The van der Waals surface area contributed by atoms with Crippen LogP contribution in [-0.4, -0.2) is 43.5 Å². The van der Waals surface area contributed by atoms with Crippen LogP contribution in [0.15, 0.2) is 46.9 Å². The number of carbonyl (C=O) groups is 2. The first kappa shape index (κ1) is 22.7. The van der Waals surface area contributed by atoms with Crippen LogP contribution in [0.1, 0.15) is 36.2 Å². The molecule has 2 rings (SSSR count). The van der Waals surface area contributed by atoms with Gasteiger partial charge in [0, 0.05) is 18.7 Å². The van der Waals surface area contributed by atoms with Crippen molar-refractivity contribution in [1.29, 1.82) is 0 Å². The van der Waals surface area contributed by atoms with E-state index in [9.17, 15) is 9.59 Å². The molecule has 1 N–H and O–H groups in total. The van der Waals surface area contributed by atoms with Crippen LogP contribution in [0.3, 0.4) is 0 Å². The van der Waals surface area contributed by atoms with E-state index in [0.717, 1.165) is 12.0 Å². The second-order valence-electron chi connectivity index (χ2n) is 6.41. The fraction of sp³-hybridized carbons (Fsp3) is 0.364. The molecule has 0 atom stereocenters. The summed E-state index contributed by atoms with van der Waals surface area (Å²) >= 11 is 3.43. The number of hydrogen-bond acceptors (Lipinski definition) is 4. The Morgan fingerprint density at radius 1 is 1.14 bits per heavy atom. The quantitative estimate of drug-likeness (QED) is 0.578. The minimum Gasteiger partial charge on any atom is -0.493 e. The third kappa shape index (κ3) is 6.49. The Hall–Kier alpha value is -2.54. The lowest BCUT2D eigenvalue weighted by Gasteiger charge is -2.21. The smallest absolute Gasteiger partial charge is 0.251 e. The summed E-state index contributed by atoms with van der Waals surface area (Å²) in [4.78, 5) is 26.8. The number of carbonyl (C=O) groups excluding carboxylic acids is 2. The molecule has 0 aliphatic rings. The summed E-state index contributed by atoms with van der Waals surface area (Å²) in [5.41, 5.74) is 1.43. The molecule has 0 bridgehead atoms. The second kappa shape index (κ2) is 11.5. The molecule has 0 aromatic heterocycles. The van der Waals surface area contributed by atoms with Gasteiger partial charge in [0.1, 0.15) is 0 Å². The van der Waals surface area contributed by atoms with Gasteiger partial charge in [0.2, 0.25) is 5.91 Å². The normalized spacial score (nSPS) is 10.3. The zero-order valence-corrected chi connectivity index (χ0v) is 18.6. The maximum Gasteiger partial charge on any atom is 0.251 e. The van der Waals surface area contributed by atoms with Gasteiger partial charge in [0.25, 0.3) is 5.91 Å². The van der Waals surface area contributed by atoms with Crippen molar-refractivity contribution in [1.82, 2.24) is 10.2 Å². The Bertz CT molecular complexity index is 827. The van der Waals surface area contributed by atoms with Crippen LogP contribution in [0.4, 0.5) is 0 Å². The summed E-state index contributed by atoms with van der Waals surface area (Å²) in [6, 6.07) is 13.0. The SMILES string of the molecule is CCCOc1c(Br)cc(C(=O)NCC(=O)N(CC)Cc2ccccc2)cc1OC. The van der Waals surface area contributed by atoms with Crippen LogP contribution in [0.5, 0.6) is 11.5 Å². The van der Waals surface area contributed by atoms with E-state index in [1.54, 1.807) is 17.0 Å². The van der Waals surface area contributed by atoms with E-state index in [2.05, 4.69) is 21.2 Å². The number of ether oxygens (including phenoxy) is 2. The molecule has 0 spiro atoms. The molecule has 7 heteroatoms. The highest BCUT2D eigenvalue weighted by Crippen LogP contribution is 2.36. The number of nitrogens with zero attached hydrogens (tertiary/aromatic N) is 1.